The van der Waals surface area contributed by atoms with E-state index >= 15 is 0 Å². The zero-order valence-corrected chi connectivity index (χ0v) is 20.6. The Labute approximate surface area is 187 Å². The normalized spacial score (nSPS) is 11.9. The minimum Gasteiger partial charge on any atom is -0.325 e. The second-order valence-electron chi connectivity index (χ2n) is 9.75. The highest BCUT2D eigenvalue weighted by atomic mass is 35.5. The lowest BCUT2D eigenvalue weighted by atomic mass is 10.0. The van der Waals surface area contributed by atoms with Gasteiger partial charge in [-0.2, -0.15) is 0 Å². The van der Waals surface area contributed by atoms with Gasteiger partial charge >= 0.3 is 0 Å². The lowest BCUT2D eigenvalue weighted by Gasteiger charge is -2.30. The molecule has 0 aromatic heterocycles. The molecule has 0 radical (unpaired) electrons. The number of hydrogen-bond acceptors (Lipinski definition) is 0. The van der Waals surface area contributed by atoms with Gasteiger partial charge in [0.15, 0.2) is 0 Å². The van der Waals surface area contributed by atoms with Crippen LogP contribution in [-0.2, 0) is 6.54 Å². The fourth-order valence-electron chi connectivity index (χ4n) is 4.25. The molecule has 0 saturated carbocycles. The van der Waals surface area contributed by atoms with Crippen molar-refractivity contribution >= 4 is 11.6 Å². The molecule has 1 aromatic rings. The van der Waals surface area contributed by atoms with E-state index in [1.165, 1.54) is 115 Å². The number of rotatable bonds is 19. The van der Waals surface area contributed by atoms with Gasteiger partial charge in [-0.1, -0.05) is 121 Å². The molecule has 0 unspecified atom stereocenters. The van der Waals surface area contributed by atoms with Crippen LogP contribution in [0.15, 0.2) is 24.3 Å². The Balaban J connectivity index is 1.86. The van der Waals surface area contributed by atoms with E-state index in [9.17, 15) is 0 Å². The third-order valence-electron chi connectivity index (χ3n) is 6.14. The summed E-state index contributed by atoms with van der Waals surface area (Å²) in [6.45, 7) is 4.65. The number of hydrogen-bond donors (Lipinski definition) is 0. The first-order valence-electron chi connectivity index (χ1n) is 12.6. The molecule has 0 bridgehead atoms. The molecule has 0 heterocycles. The average Bonchev–Trinajstić information content (AvgIpc) is 2.69. The van der Waals surface area contributed by atoms with Crippen molar-refractivity contribution in [3.8, 4) is 0 Å². The molecule has 0 aliphatic rings. The van der Waals surface area contributed by atoms with E-state index in [-0.39, 0.29) is 0 Å². The zero-order valence-electron chi connectivity index (χ0n) is 19.9. The molecule has 0 amide bonds. The molecule has 1 nitrogen and oxygen atoms in total. The van der Waals surface area contributed by atoms with Gasteiger partial charge in [-0.15, -0.1) is 0 Å². The van der Waals surface area contributed by atoms with Crippen molar-refractivity contribution in [1.82, 2.24) is 0 Å². The molecule has 2 heteroatoms. The van der Waals surface area contributed by atoms with Crippen LogP contribution in [0.5, 0.6) is 0 Å². The van der Waals surface area contributed by atoms with E-state index in [0.29, 0.717) is 0 Å². The topological polar surface area (TPSA) is 0 Å². The maximum atomic E-state index is 5.99. The smallest absolute Gasteiger partial charge is 0.104 e. The first kappa shape index (κ1) is 26.5. The fraction of sp³-hybridized carbons (Fsp3) is 0.778. The Bertz CT molecular complexity index is 480. The van der Waals surface area contributed by atoms with Gasteiger partial charge in [0, 0.05) is 10.6 Å². The van der Waals surface area contributed by atoms with Crippen molar-refractivity contribution in [3.05, 3.63) is 34.9 Å². The standard InChI is InChI=1S/C27H49ClN/c1-4-5-6-7-8-9-10-11-12-13-14-15-16-17-18-19-24-29(2,3)25-26-20-22-27(28)23-21-26/h20-23H,4-19,24-25H2,1-3H3/q+1. The van der Waals surface area contributed by atoms with Gasteiger partial charge in [0.1, 0.15) is 6.54 Å². The molecule has 168 valence electrons. The van der Waals surface area contributed by atoms with Crippen molar-refractivity contribution in [1.29, 1.82) is 0 Å². The highest BCUT2D eigenvalue weighted by Crippen LogP contribution is 2.16. The maximum Gasteiger partial charge on any atom is 0.104 e. The Morgan fingerprint density at radius 2 is 0.966 bits per heavy atom. The van der Waals surface area contributed by atoms with Crippen molar-refractivity contribution < 1.29 is 4.48 Å². The summed E-state index contributed by atoms with van der Waals surface area (Å²) in [6, 6.07) is 8.34. The SMILES string of the molecule is CCCCCCCCCCCCCCCCCC[N+](C)(C)Cc1ccc(Cl)cc1. The lowest BCUT2D eigenvalue weighted by molar-refractivity contribution is -0.903. The van der Waals surface area contributed by atoms with Crippen molar-refractivity contribution in [3.63, 3.8) is 0 Å². The minimum atomic E-state index is 0.830. The highest BCUT2D eigenvalue weighted by molar-refractivity contribution is 6.30. The predicted octanol–water partition coefficient (Wildman–Crippen LogP) is 9.18. The van der Waals surface area contributed by atoms with Crippen molar-refractivity contribution in [2.45, 2.75) is 116 Å². The fourth-order valence-corrected chi connectivity index (χ4v) is 4.38. The van der Waals surface area contributed by atoms with E-state index in [1.807, 2.05) is 12.1 Å². The third kappa shape index (κ3) is 15.9. The van der Waals surface area contributed by atoms with Gasteiger partial charge in [0.2, 0.25) is 0 Å². The molecule has 29 heavy (non-hydrogen) atoms. The average molecular weight is 423 g/mol. The predicted molar refractivity (Wildman–Crippen MR) is 132 cm³/mol. The summed E-state index contributed by atoms with van der Waals surface area (Å²) >= 11 is 5.99. The first-order chi connectivity index (χ1) is 14.0. The van der Waals surface area contributed by atoms with Crippen molar-refractivity contribution in [2.75, 3.05) is 20.6 Å². The second kappa shape index (κ2) is 17.2. The van der Waals surface area contributed by atoms with Crippen LogP contribution in [0.1, 0.15) is 115 Å². The van der Waals surface area contributed by atoms with E-state index in [0.717, 1.165) is 16.1 Å². The van der Waals surface area contributed by atoms with Crippen molar-refractivity contribution in [2.24, 2.45) is 0 Å². The Morgan fingerprint density at radius 1 is 0.586 bits per heavy atom. The minimum absolute atomic E-state index is 0.830. The van der Waals surface area contributed by atoms with Gasteiger partial charge in [0.05, 0.1) is 20.6 Å². The first-order valence-corrected chi connectivity index (χ1v) is 13.0. The molecular formula is C27H49ClN+. The maximum absolute atomic E-state index is 5.99. The molecule has 0 fully saturated rings. The number of quaternary nitrogens is 1. The monoisotopic (exact) mass is 422 g/mol. The van der Waals surface area contributed by atoms with Crippen LogP contribution in [0.3, 0.4) is 0 Å². The number of benzene rings is 1. The molecule has 0 N–H and O–H groups in total. The quantitative estimate of drug-likeness (QED) is 0.154. The van der Waals surface area contributed by atoms with E-state index < -0.39 is 0 Å². The van der Waals surface area contributed by atoms with Crippen LogP contribution < -0.4 is 0 Å². The molecule has 0 aliphatic heterocycles. The molecule has 0 aliphatic carbocycles. The van der Waals surface area contributed by atoms with Crippen LogP contribution in [0.4, 0.5) is 0 Å². The lowest BCUT2D eigenvalue weighted by Crippen LogP contribution is -2.39. The Morgan fingerprint density at radius 3 is 1.38 bits per heavy atom. The molecule has 1 aromatic carbocycles. The van der Waals surface area contributed by atoms with Crippen LogP contribution in [-0.4, -0.2) is 25.1 Å². The Hall–Kier alpha value is -0.530. The summed E-state index contributed by atoms with van der Waals surface area (Å²) in [6.07, 6.45) is 23.0. The van der Waals surface area contributed by atoms with E-state index in [4.69, 9.17) is 11.6 Å². The van der Waals surface area contributed by atoms with Gasteiger partial charge in [-0.05, 0) is 25.0 Å². The van der Waals surface area contributed by atoms with Crippen LogP contribution >= 0.6 is 11.6 Å². The summed E-state index contributed by atoms with van der Waals surface area (Å²) < 4.78 is 1.07. The zero-order chi connectivity index (χ0) is 21.2. The summed E-state index contributed by atoms with van der Waals surface area (Å²) in [5, 5.41) is 0.830. The largest absolute Gasteiger partial charge is 0.325 e. The van der Waals surface area contributed by atoms with Crippen LogP contribution in [0.2, 0.25) is 5.02 Å². The summed E-state index contributed by atoms with van der Waals surface area (Å²) in [4.78, 5) is 0. The summed E-state index contributed by atoms with van der Waals surface area (Å²) in [7, 11) is 4.69. The molecule has 0 atom stereocenters. The molecule has 0 spiro atoms. The third-order valence-corrected chi connectivity index (χ3v) is 6.39. The second-order valence-corrected chi connectivity index (χ2v) is 10.2. The van der Waals surface area contributed by atoms with Gasteiger partial charge < -0.3 is 4.48 Å². The highest BCUT2D eigenvalue weighted by Gasteiger charge is 2.15. The number of nitrogens with zero attached hydrogens (tertiary/aromatic N) is 1. The Kier molecular flexibility index (Phi) is 15.7. The van der Waals surface area contributed by atoms with Gasteiger partial charge in [0.25, 0.3) is 0 Å². The molecule has 1 rings (SSSR count). The van der Waals surface area contributed by atoms with E-state index in [2.05, 4.69) is 33.2 Å². The summed E-state index contributed by atoms with van der Waals surface area (Å²) in [5.74, 6) is 0. The number of unbranched alkanes of at least 4 members (excludes halogenated alkanes) is 15. The van der Waals surface area contributed by atoms with Crippen LogP contribution in [0, 0.1) is 0 Å². The van der Waals surface area contributed by atoms with Gasteiger partial charge in [-0.3, -0.25) is 0 Å². The summed E-state index contributed by atoms with van der Waals surface area (Å²) in [5.41, 5.74) is 1.39. The molecular weight excluding hydrogens is 374 g/mol. The number of halogens is 1. The van der Waals surface area contributed by atoms with E-state index in [1.54, 1.807) is 0 Å². The van der Waals surface area contributed by atoms with Gasteiger partial charge in [-0.25, -0.2) is 0 Å². The molecule has 0 saturated heterocycles. The van der Waals surface area contributed by atoms with Crippen LogP contribution in [0.25, 0.3) is 0 Å².